The largest absolute Gasteiger partial charge is 0.493 e. The van der Waals surface area contributed by atoms with Crippen LogP contribution in [0.3, 0.4) is 0 Å². The highest BCUT2D eigenvalue weighted by Crippen LogP contribution is 2.27. The molecular weight excluding hydrogens is 202 g/mol. The highest BCUT2D eigenvalue weighted by Gasteiger charge is 2.04. The van der Waals surface area contributed by atoms with Crippen molar-refractivity contribution in [2.24, 2.45) is 0 Å². The zero-order valence-electron chi connectivity index (χ0n) is 7.91. The number of rotatable bonds is 4. The molecule has 0 amide bonds. The van der Waals surface area contributed by atoms with Gasteiger partial charge in [0, 0.05) is 6.08 Å². The van der Waals surface area contributed by atoms with Crippen LogP contribution in [0.25, 0.3) is 6.08 Å². The molecule has 6 nitrogen and oxygen atoms in total. The van der Waals surface area contributed by atoms with Gasteiger partial charge in [-0.25, -0.2) is 5.26 Å². The number of methoxy groups -OCH3 is 1. The fourth-order valence-corrected chi connectivity index (χ4v) is 1.01. The van der Waals surface area contributed by atoms with Gasteiger partial charge in [0.25, 0.3) is 0 Å². The standard InChI is InChI=1S/C9H9NO5/c1-14-9-6-7(4-5-10(11)12)2-3-8(9)15-13/h2-6,13H,1H3/b5-4+. The van der Waals surface area contributed by atoms with Crippen molar-refractivity contribution in [1.29, 1.82) is 0 Å². The van der Waals surface area contributed by atoms with E-state index in [4.69, 9.17) is 9.99 Å². The average molecular weight is 211 g/mol. The van der Waals surface area contributed by atoms with E-state index in [1.807, 2.05) is 0 Å². The number of nitrogens with zero attached hydrogens (tertiary/aromatic N) is 1. The minimum atomic E-state index is -0.567. The molecule has 0 aliphatic carbocycles. The molecule has 1 aromatic rings. The van der Waals surface area contributed by atoms with E-state index in [0.717, 1.165) is 6.20 Å². The lowest BCUT2D eigenvalue weighted by Crippen LogP contribution is -1.91. The molecule has 0 bridgehead atoms. The quantitative estimate of drug-likeness (QED) is 0.466. The van der Waals surface area contributed by atoms with Gasteiger partial charge in [0.2, 0.25) is 11.9 Å². The van der Waals surface area contributed by atoms with Crippen LogP contribution in [0.1, 0.15) is 5.56 Å². The van der Waals surface area contributed by atoms with Gasteiger partial charge in [0.1, 0.15) is 0 Å². The first-order valence-electron chi connectivity index (χ1n) is 3.98. The Hall–Kier alpha value is -2.08. The summed E-state index contributed by atoms with van der Waals surface area (Å²) in [6, 6.07) is 4.50. The summed E-state index contributed by atoms with van der Waals surface area (Å²) >= 11 is 0. The average Bonchev–Trinajstić information content (AvgIpc) is 2.25. The Morgan fingerprint density at radius 3 is 2.73 bits per heavy atom. The summed E-state index contributed by atoms with van der Waals surface area (Å²) in [7, 11) is 1.40. The molecule has 80 valence electrons. The predicted molar refractivity (Wildman–Crippen MR) is 52.3 cm³/mol. The third kappa shape index (κ3) is 2.96. The van der Waals surface area contributed by atoms with E-state index in [2.05, 4.69) is 4.89 Å². The van der Waals surface area contributed by atoms with E-state index >= 15 is 0 Å². The first-order valence-corrected chi connectivity index (χ1v) is 3.98. The summed E-state index contributed by atoms with van der Waals surface area (Å²) in [5.41, 5.74) is 0.573. The molecule has 0 fully saturated rings. The maximum absolute atomic E-state index is 10.1. The monoisotopic (exact) mass is 211 g/mol. The van der Waals surface area contributed by atoms with Crippen LogP contribution in [0.2, 0.25) is 0 Å². The molecule has 0 heterocycles. The van der Waals surface area contributed by atoms with Gasteiger partial charge in [-0.3, -0.25) is 10.1 Å². The fourth-order valence-electron chi connectivity index (χ4n) is 1.01. The van der Waals surface area contributed by atoms with Gasteiger partial charge in [-0.05, 0) is 17.7 Å². The lowest BCUT2D eigenvalue weighted by atomic mass is 10.2. The number of ether oxygens (including phenoxy) is 1. The molecular formula is C9H9NO5. The van der Waals surface area contributed by atoms with E-state index in [1.54, 1.807) is 6.07 Å². The predicted octanol–water partition coefficient (Wildman–Crippen LogP) is 1.79. The van der Waals surface area contributed by atoms with Gasteiger partial charge < -0.3 is 9.62 Å². The molecule has 0 aromatic heterocycles. The van der Waals surface area contributed by atoms with Crippen LogP contribution in [0.5, 0.6) is 11.5 Å². The van der Waals surface area contributed by atoms with Crippen molar-refractivity contribution >= 4 is 6.08 Å². The number of nitro groups is 1. The van der Waals surface area contributed by atoms with Crippen LogP contribution in [0.4, 0.5) is 0 Å². The zero-order chi connectivity index (χ0) is 11.3. The molecule has 1 rings (SSSR count). The van der Waals surface area contributed by atoms with Crippen LogP contribution in [0, 0.1) is 10.1 Å². The molecule has 0 atom stereocenters. The third-order valence-electron chi connectivity index (χ3n) is 1.67. The molecule has 0 unspecified atom stereocenters. The SMILES string of the molecule is COc1cc(/C=C/[N+](=O)[O-])ccc1OO. The van der Waals surface area contributed by atoms with E-state index < -0.39 is 4.92 Å². The molecule has 1 aromatic carbocycles. The summed E-state index contributed by atoms with van der Waals surface area (Å²) in [4.78, 5) is 13.5. The van der Waals surface area contributed by atoms with Gasteiger partial charge in [-0.1, -0.05) is 6.07 Å². The van der Waals surface area contributed by atoms with E-state index in [-0.39, 0.29) is 5.75 Å². The molecule has 0 radical (unpaired) electrons. The Labute approximate surface area is 85.4 Å². The van der Waals surface area contributed by atoms with Gasteiger partial charge in [0.05, 0.1) is 12.0 Å². The van der Waals surface area contributed by atoms with E-state index in [1.165, 1.54) is 25.3 Å². The van der Waals surface area contributed by atoms with Crippen LogP contribution < -0.4 is 9.62 Å². The summed E-state index contributed by atoms with van der Waals surface area (Å²) < 4.78 is 4.89. The van der Waals surface area contributed by atoms with Gasteiger partial charge >= 0.3 is 0 Å². The summed E-state index contributed by atoms with van der Waals surface area (Å²) in [6.45, 7) is 0. The first kappa shape index (κ1) is 11.0. The summed E-state index contributed by atoms with van der Waals surface area (Å²) in [5, 5.41) is 18.5. The molecule has 0 saturated carbocycles. The Morgan fingerprint density at radius 1 is 1.47 bits per heavy atom. The lowest BCUT2D eigenvalue weighted by molar-refractivity contribution is -0.400. The van der Waals surface area contributed by atoms with Crippen LogP contribution in [-0.2, 0) is 0 Å². The fraction of sp³-hybridized carbons (Fsp3) is 0.111. The highest BCUT2D eigenvalue weighted by molar-refractivity contribution is 5.55. The Bertz CT molecular complexity index is 388. The molecule has 0 aliphatic heterocycles. The molecule has 0 saturated heterocycles. The normalized spacial score (nSPS) is 10.3. The lowest BCUT2D eigenvalue weighted by Gasteiger charge is -2.05. The van der Waals surface area contributed by atoms with Crippen molar-refractivity contribution in [2.45, 2.75) is 0 Å². The van der Waals surface area contributed by atoms with Crippen LogP contribution in [0.15, 0.2) is 24.4 Å². The van der Waals surface area contributed by atoms with E-state index in [9.17, 15) is 10.1 Å². The van der Waals surface area contributed by atoms with Crippen molar-refractivity contribution in [3.05, 3.63) is 40.1 Å². The number of hydrogen-bond acceptors (Lipinski definition) is 5. The maximum atomic E-state index is 10.1. The van der Waals surface area contributed by atoms with Gasteiger partial charge in [-0.2, -0.15) is 0 Å². The molecule has 6 heteroatoms. The minimum Gasteiger partial charge on any atom is -0.493 e. The second-order valence-corrected chi connectivity index (χ2v) is 2.60. The third-order valence-corrected chi connectivity index (χ3v) is 1.67. The Balaban J connectivity index is 2.97. The maximum Gasteiger partial charge on any atom is 0.235 e. The van der Waals surface area contributed by atoms with E-state index in [0.29, 0.717) is 11.3 Å². The molecule has 0 aliphatic rings. The summed E-state index contributed by atoms with van der Waals surface area (Å²) in [5.74, 6) is 0.443. The van der Waals surface area contributed by atoms with Crippen LogP contribution in [-0.4, -0.2) is 17.3 Å². The molecule has 1 N–H and O–H groups in total. The highest BCUT2D eigenvalue weighted by atomic mass is 17.1. The minimum absolute atomic E-state index is 0.149. The topological polar surface area (TPSA) is 81.8 Å². The molecule has 0 spiro atoms. The Morgan fingerprint density at radius 2 is 2.20 bits per heavy atom. The molecule has 15 heavy (non-hydrogen) atoms. The summed E-state index contributed by atoms with van der Waals surface area (Å²) in [6.07, 6.45) is 2.12. The van der Waals surface area contributed by atoms with Crippen LogP contribution >= 0.6 is 0 Å². The zero-order valence-corrected chi connectivity index (χ0v) is 7.91. The van der Waals surface area contributed by atoms with Crippen molar-refractivity contribution in [3.63, 3.8) is 0 Å². The smallest absolute Gasteiger partial charge is 0.235 e. The first-order chi connectivity index (χ1) is 7.17. The second kappa shape index (κ2) is 4.97. The van der Waals surface area contributed by atoms with Crippen molar-refractivity contribution in [3.8, 4) is 11.5 Å². The number of benzene rings is 1. The Kier molecular flexibility index (Phi) is 3.64. The van der Waals surface area contributed by atoms with Crippen molar-refractivity contribution < 1.29 is 19.8 Å². The number of hydrogen-bond donors (Lipinski definition) is 1. The van der Waals surface area contributed by atoms with Crippen molar-refractivity contribution in [1.82, 2.24) is 0 Å². The van der Waals surface area contributed by atoms with Gasteiger partial charge in [-0.15, -0.1) is 0 Å². The van der Waals surface area contributed by atoms with Gasteiger partial charge in [0.15, 0.2) is 5.75 Å². The second-order valence-electron chi connectivity index (χ2n) is 2.60. The van der Waals surface area contributed by atoms with Crippen molar-refractivity contribution in [2.75, 3.05) is 7.11 Å².